The fourth-order valence-electron chi connectivity index (χ4n) is 2.31. The molecule has 0 spiro atoms. The molecule has 0 saturated heterocycles. The largest absolute Gasteiger partial charge is 0.449 e. The number of aryl methyl sites for hydroxylation is 1. The Morgan fingerprint density at radius 1 is 1.64 bits per heavy atom. The second-order valence-electron chi connectivity index (χ2n) is 4.72. The number of fused-ring (bicyclic) bond motifs is 1. The van der Waals surface area contributed by atoms with E-state index in [0.29, 0.717) is 17.7 Å². The van der Waals surface area contributed by atoms with Crippen LogP contribution in [0.15, 0.2) is 10.5 Å². The first-order chi connectivity index (χ1) is 6.54. The molecule has 1 aromatic rings. The van der Waals surface area contributed by atoms with Crippen LogP contribution in [0.1, 0.15) is 37.5 Å². The molecule has 0 saturated carbocycles. The monoisotopic (exact) mass is 213 g/mol. The topological polar surface area (TPSA) is 39.2 Å². The molecule has 1 atom stereocenters. The van der Waals surface area contributed by atoms with E-state index in [1.807, 2.05) is 6.07 Å². The first kappa shape index (κ1) is 10.1. The SMILES string of the molecule is CC1(C)CCc2cc(Cl)oc2C1CN. The predicted molar refractivity (Wildman–Crippen MR) is 57.6 cm³/mol. The van der Waals surface area contributed by atoms with Crippen molar-refractivity contribution in [1.82, 2.24) is 0 Å². The highest BCUT2D eigenvalue weighted by molar-refractivity contribution is 6.28. The van der Waals surface area contributed by atoms with Crippen LogP contribution in [0.4, 0.5) is 0 Å². The normalized spacial score (nSPS) is 24.7. The number of nitrogens with two attached hydrogens (primary N) is 1. The van der Waals surface area contributed by atoms with Gasteiger partial charge in [-0.15, -0.1) is 0 Å². The molecule has 3 heteroatoms. The minimum Gasteiger partial charge on any atom is -0.449 e. The molecular formula is C11H16ClNO. The summed E-state index contributed by atoms with van der Waals surface area (Å²) in [6, 6.07) is 1.93. The van der Waals surface area contributed by atoms with Gasteiger partial charge in [-0.05, 0) is 41.5 Å². The summed E-state index contributed by atoms with van der Waals surface area (Å²) < 4.78 is 5.53. The Hall–Kier alpha value is -0.470. The maximum Gasteiger partial charge on any atom is 0.193 e. The molecule has 14 heavy (non-hydrogen) atoms. The van der Waals surface area contributed by atoms with Gasteiger partial charge in [0.1, 0.15) is 5.76 Å². The van der Waals surface area contributed by atoms with Crippen LogP contribution in [0.25, 0.3) is 0 Å². The maximum atomic E-state index is 5.86. The molecule has 0 radical (unpaired) electrons. The Bertz CT molecular complexity index is 343. The van der Waals surface area contributed by atoms with Crippen molar-refractivity contribution in [2.45, 2.75) is 32.6 Å². The van der Waals surface area contributed by atoms with Crippen LogP contribution in [0.2, 0.25) is 5.22 Å². The molecule has 1 aliphatic rings. The number of hydrogen-bond donors (Lipinski definition) is 1. The zero-order valence-corrected chi connectivity index (χ0v) is 9.40. The minimum atomic E-state index is 0.225. The molecule has 0 aromatic carbocycles. The van der Waals surface area contributed by atoms with E-state index in [2.05, 4.69) is 13.8 Å². The van der Waals surface area contributed by atoms with E-state index in [1.54, 1.807) is 0 Å². The summed E-state index contributed by atoms with van der Waals surface area (Å²) in [4.78, 5) is 0. The van der Waals surface area contributed by atoms with Crippen LogP contribution in [0.5, 0.6) is 0 Å². The lowest BCUT2D eigenvalue weighted by Gasteiger charge is -2.36. The third-order valence-electron chi connectivity index (χ3n) is 3.35. The quantitative estimate of drug-likeness (QED) is 0.779. The molecule has 0 amide bonds. The van der Waals surface area contributed by atoms with Crippen molar-refractivity contribution in [3.05, 3.63) is 22.6 Å². The van der Waals surface area contributed by atoms with Gasteiger partial charge in [-0.3, -0.25) is 0 Å². The van der Waals surface area contributed by atoms with Gasteiger partial charge >= 0.3 is 0 Å². The first-order valence-corrected chi connectivity index (χ1v) is 5.40. The van der Waals surface area contributed by atoms with Gasteiger partial charge in [0.15, 0.2) is 5.22 Å². The fraction of sp³-hybridized carbons (Fsp3) is 0.636. The third-order valence-corrected chi connectivity index (χ3v) is 3.53. The average molecular weight is 214 g/mol. The molecule has 2 rings (SSSR count). The summed E-state index contributed by atoms with van der Waals surface area (Å²) in [5.41, 5.74) is 7.27. The van der Waals surface area contributed by atoms with Gasteiger partial charge in [0.25, 0.3) is 0 Å². The Balaban J connectivity index is 2.44. The lowest BCUT2D eigenvalue weighted by atomic mass is 9.69. The van der Waals surface area contributed by atoms with E-state index in [9.17, 15) is 0 Å². The van der Waals surface area contributed by atoms with E-state index in [1.165, 1.54) is 5.56 Å². The van der Waals surface area contributed by atoms with Gasteiger partial charge in [0, 0.05) is 12.5 Å². The Morgan fingerprint density at radius 3 is 3.00 bits per heavy atom. The summed E-state index contributed by atoms with van der Waals surface area (Å²) in [5, 5.41) is 0.492. The van der Waals surface area contributed by atoms with Crippen molar-refractivity contribution in [1.29, 1.82) is 0 Å². The van der Waals surface area contributed by atoms with Gasteiger partial charge in [0.05, 0.1) is 0 Å². The van der Waals surface area contributed by atoms with Gasteiger partial charge in [0.2, 0.25) is 0 Å². The Labute approximate surface area is 89.4 Å². The zero-order valence-electron chi connectivity index (χ0n) is 8.64. The number of halogens is 1. The standard InChI is InChI=1S/C11H16ClNO/c1-11(2)4-3-7-5-9(12)14-10(7)8(11)6-13/h5,8H,3-4,6,13H2,1-2H3. The second-order valence-corrected chi connectivity index (χ2v) is 5.09. The van der Waals surface area contributed by atoms with Crippen LogP contribution in [0.3, 0.4) is 0 Å². The van der Waals surface area contributed by atoms with Crippen molar-refractivity contribution in [3.63, 3.8) is 0 Å². The van der Waals surface area contributed by atoms with Gasteiger partial charge in [-0.1, -0.05) is 13.8 Å². The molecule has 1 aliphatic carbocycles. The van der Waals surface area contributed by atoms with Crippen LogP contribution < -0.4 is 5.73 Å². The minimum absolute atomic E-state index is 0.225. The second kappa shape index (κ2) is 3.28. The summed E-state index contributed by atoms with van der Waals surface area (Å²) in [6.07, 6.45) is 2.20. The molecule has 0 bridgehead atoms. The Morgan fingerprint density at radius 2 is 2.36 bits per heavy atom. The average Bonchev–Trinajstić information content (AvgIpc) is 2.44. The molecule has 2 N–H and O–H groups in total. The zero-order chi connectivity index (χ0) is 10.3. The molecule has 0 fully saturated rings. The van der Waals surface area contributed by atoms with Gasteiger partial charge in [-0.2, -0.15) is 0 Å². The van der Waals surface area contributed by atoms with Crippen LogP contribution in [-0.4, -0.2) is 6.54 Å². The van der Waals surface area contributed by atoms with Crippen molar-refractivity contribution in [2.75, 3.05) is 6.54 Å². The van der Waals surface area contributed by atoms with E-state index in [-0.39, 0.29) is 5.41 Å². The Kier molecular flexibility index (Phi) is 2.36. The van der Waals surface area contributed by atoms with E-state index < -0.39 is 0 Å². The highest BCUT2D eigenvalue weighted by Gasteiger charge is 2.37. The highest BCUT2D eigenvalue weighted by atomic mass is 35.5. The predicted octanol–water partition coefficient (Wildman–Crippen LogP) is 2.95. The molecule has 1 heterocycles. The van der Waals surface area contributed by atoms with Crippen LogP contribution in [-0.2, 0) is 6.42 Å². The summed E-state index contributed by atoms with van der Waals surface area (Å²) >= 11 is 5.86. The van der Waals surface area contributed by atoms with Crippen molar-refractivity contribution >= 4 is 11.6 Å². The van der Waals surface area contributed by atoms with Crippen molar-refractivity contribution in [2.24, 2.45) is 11.1 Å². The molecular weight excluding hydrogens is 198 g/mol. The van der Waals surface area contributed by atoms with Crippen LogP contribution in [0, 0.1) is 5.41 Å². The van der Waals surface area contributed by atoms with Gasteiger partial charge in [-0.25, -0.2) is 0 Å². The molecule has 0 aliphatic heterocycles. The van der Waals surface area contributed by atoms with Gasteiger partial charge < -0.3 is 10.2 Å². The third kappa shape index (κ3) is 1.47. The summed E-state index contributed by atoms with van der Waals surface area (Å²) in [6.45, 7) is 5.11. The lowest BCUT2D eigenvalue weighted by molar-refractivity contribution is 0.219. The van der Waals surface area contributed by atoms with Crippen molar-refractivity contribution < 1.29 is 4.42 Å². The molecule has 1 unspecified atom stereocenters. The number of furan rings is 1. The molecule has 2 nitrogen and oxygen atoms in total. The molecule has 78 valence electrons. The van der Waals surface area contributed by atoms with Crippen LogP contribution >= 0.6 is 11.6 Å². The first-order valence-electron chi connectivity index (χ1n) is 5.03. The fourth-order valence-corrected chi connectivity index (χ4v) is 2.53. The van der Waals surface area contributed by atoms with Crippen molar-refractivity contribution in [3.8, 4) is 0 Å². The van der Waals surface area contributed by atoms with E-state index in [4.69, 9.17) is 21.8 Å². The maximum absolute atomic E-state index is 5.86. The van der Waals surface area contributed by atoms with E-state index >= 15 is 0 Å². The molecule has 1 aromatic heterocycles. The lowest BCUT2D eigenvalue weighted by Crippen LogP contribution is -2.32. The smallest absolute Gasteiger partial charge is 0.193 e. The highest BCUT2D eigenvalue weighted by Crippen LogP contribution is 2.46. The summed E-state index contributed by atoms with van der Waals surface area (Å²) in [7, 11) is 0. The number of rotatable bonds is 1. The number of hydrogen-bond acceptors (Lipinski definition) is 2. The van der Waals surface area contributed by atoms with E-state index in [0.717, 1.165) is 18.6 Å². The summed E-state index contributed by atoms with van der Waals surface area (Å²) in [5.74, 6) is 1.31.